The third-order valence-corrected chi connectivity index (χ3v) is 2.73. The summed E-state index contributed by atoms with van der Waals surface area (Å²) in [4.78, 5) is 21.5. The SMILES string of the molecule is CN(C(=O)c1nc(N)ccc1Cl)c1ccncc1. The van der Waals surface area contributed by atoms with Crippen LogP contribution in [0.15, 0.2) is 36.7 Å². The number of hydrogen-bond donors (Lipinski definition) is 1. The predicted molar refractivity (Wildman–Crippen MR) is 70.6 cm³/mol. The van der Waals surface area contributed by atoms with Gasteiger partial charge in [0.2, 0.25) is 0 Å². The van der Waals surface area contributed by atoms with Crippen molar-refractivity contribution in [3.05, 3.63) is 47.4 Å². The summed E-state index contributed by atoms with van der Waals surface area (Å²) in [6, 6.07) is 6.54. The van der Waals surface area contributed by atoms with Gasteiger partial charge in [0.25, 0.3) is 5.91 Å². The van der Waals surface area contributed by atoms with E-state index in [0.29, 0.717) is 5.69 Å². The van der Waals surface area contributed by atoms with E-state index in [1.54, 1.807) is 43.7 Å². The summed E-state index contributed by atoms with van der Waals surface area (Å²) in [5.41, 5.74) is 6.39. The van der Waals surface area contributed by atoms with Crippen molar-refractivity contribution in [3.63, 3.8) is 0 Å². The van der Waals surface area contributed by atoms with E-state index >= 15 is 0 Å². The van der Waals surface area contributed by atoms with Gasteiger partial charge < -0.3 is 10.6 Å². The largest absolute Gasteiger partial charge is 0.384 e. The summed E-state index contributed by atoms with van der Waals surface area (Å²) in [5.74, 6) is -0.0654. The van der Waals surface area contributed by atoms with Gasteiger partial charge in [-0.2, -0.15) is 0 Å². The second-order valence-electron chi connectivity index (χ2n) is 3.64. The Kier molecular flexibility index (Phi) is 3.43. The lowest BCUT2D eigenvalue weighted by Crippen LogP contribution is -2.27. The molecule has 0 fully saturated rings. The van der Waals surface area contributed by atoms with E-state index in [0.717, 1.165) is 0 Å². The highest BCUT2D eigenvalue weighted by Crippen LogP contribution is 2.19. The fraction of sp³-hybridized carbons (Fsp3) is 0.0833. The molecule has 2 rings (SSSR count). The number of halogens is 1. The van der Waals surface area contributed by atoms with Crippen molar-refractivity contribution >= 4 is 29.0 Å². The molecule has 0 bridgehead atoms. The Morgan fingerprint density at radius 2 is 1.94 bits per heavy atom. The highest BCUT2D eigenvalue weighted by atomic mass is 35.5. The summed E-state index contributed by atoms with van der Waals surface area (Å²) in [6.07, 6.45) is 3.21. The van der Waals surface area contributed by atoms with Crippen molar-refractivity contribution in [2.75, 3.05) is 17.7 Å². The summed E-state index contributed by atoms with van der Waals surface area (Å²) in [6.45, 7) is 0. The van der Waals surface area contributed by atoms with Gasteiger partial charge in [0.05, 0.1) is 5.02 Å². The van der Waals surface area contributed by atoms with Gasteiger partial charge in [0.15, 0.2) is 0 Å². The Balaban J connectivity index is 2.34. The molecule has 0 radical (unpaired) electrons. The molecule has 0 atom stereocenters. The van der Waals surface area contributed by atoms with Crippen LogP contribution in [0.5, 0.6) is 0 Å². The number of carbonyl (C=O) groups excluding carboxylic acids is 1. The van der Waals surface area contributed by atoms with Crippen molar-refractivity contribution in [3.8, 4) is 0 Å². The summed E-state index contributed by atoms with van der Waals surface area (Å²) in [7, 11) is 1.64. The highest BCUT2D eigenvalue weighted by molar-refractivity contribution is 6.34. The molecule has 18 heavy (non-hydrogen) atoms. The summed E-state index contributed by atoms with van der Waals surface area (Å²) in [5, 5.41) is 0.273. The highest BCUT2D eigenvalue weighted by Gasteiger charge is 2.18. The first kappa shape index (κ1) is 12.3. The zero-order valence-corrected chi connectivity index (χ0v) is 10.4. The van der Waals surface area contributed by atoms with Crippen LogP contribution in [-0.4, -0.2) is 22.9 Å². The van der Waals surface area contributed by atoms with Crippen LogP contribution in [0, 0.1) is 0 Å². The number of carbonyl (C=O) groups is 1. The fourth-order valence-corrected chi connectivity index (χ4v) is 1.64. The molecule has 2 N–H and O–H groups in total. The molecule has 2 heterocycles. The smallest absolute Gasteiger partial charge is 0.278 e. The Bertz CT molecular complexity index is 574. The van der Waals surface area contributed by atoms with E-state index in [1.807, 2.05) is 0 Å². The fourth-order valence-electron chi connectivity index (χ4n) is 1.45. The molecule has 0 unspecified atom stereocenters. The van der Waals surface area contributed by atoms with E-state index in [9.17, 15) is 4.79 Å². The minimum Gasteiger partial charge on any atom is -0.384 e. The number of hydrogen-bond acceptors (Lipinski definition) is 4. The summed E-state index contributed by atoms with van der Waals surface area (Å²) < 4.78 is 0. The molecule has 2 aromatic rings. The van der Waals surface area contributed by atoms with Crippen LogP contribution in [0.25, 0.3) is 0 Å². The molecule has 0 aliphatic rings. The number of aromatic nitrogens is 2. The van der Waals surface area contributed by atoms with Crippen molar-refractivity contribution < 1.29 is 4.79 Å². The lowest BCUT2D eigenvalue weighted by Gasteiger charge is -2.17. The topological polar surface area (TPSA) is 72.1 Å². The molecule has 0 saturated carbocycles. The molecule has 6 heteroatoms. The third-order valence-electron chi connectivity index (χ3n) is 2.42. The maximum Gasteiger partial charge on any atom is 0.278 e. The van der Waals surface area contributed by atoms with Crippen LogP contribution in [0.2, 0.25) is 5.02 Å². The molecular formula is C12H11ClN4O. The minimum atomic E-state index is -0.321. The van der Waals surface area contributed by atoms with Gasteiger partial charge in [-0.05, 0) is 24.3 Å². The second-order valence-corrected chi connectivity index (χ2v) is 4.04. The number of nitrogens with two attached hydrogens (primary N) is 1. The van der Waals surface area contributed by atoms with E-state index < -0.39 is 0 Å². The molecule has 0 aliphatic carbocycles. The second kappa shape index (κ2) is 5.01. The molecule has 92 valence electrons. The van der Waals surface area contributed by atoms with Crippen molar-refractivity contribution in [1.29, 1.82) is 0 Å². The normalized spacial score (nSPS) is 10.1. The average molecular weight is 263 g/mol. The van der Waals surface area contributed by atoms with Crippen LogP contribution in [-0.2, 0) is 0 Å². The maximum atomic E-state index is 12.2. The molecule has 0 aliphatic heterocycles. The molecular weight excluding hydrogens is 252 g/mol. The first-order valence-corrected chi connectivity index (χ1v) is 5.57. The molecule has 5 nitrogen and oxygen atoms in total. The molecule has 0 spiro atoms. The van der Waals surface area contributed by atoms with Gasteiger partial charge in [0.1, 0.15) is 11.5 Å². The van der Waals surface area contributed by atoms with Gasteiger partial charge >= 0.3 is 0 Å². The van der Waals surface area contributed by atoms with Crippen LogP contribution in [0.3, 0.4) is 0 Å². The Morgan fingerprint density at radius 1 is 1.28 bits per heavy atom. The van der Waals surface area contributed by atoms with Crippen LogP contribution < -0.4 is 10.6 Å². The van der Waals surface area contributed by atoms with Crippen molar-refractivity contribution in [1.82, 2.24) is 9.97 Å². The number of nitrogens with zero attached hydrogens (tertiary/aromatic N) is 3. The number of nitrogen functional groups attached to an aromatic ring is 1. The first-order chi connectivity index (χ1) is 8.59. The van der Waals surface area contributed by atoms with Gasteiger partial charge in [-0.25, -0.2) is 4.98 Å². The number of pyridine rings is 2. The molecule has 1 amide bonds. The Hall–Kier alpha value is -2.14. The number of amides is 1. The van der Waals surface area contributed by atoms with E-state index in [-0.39, 0.29) is 22.4 Å². The van der Waals surface area contributed by atoms with Gasteiger partial charge in [-0.1, -0.05) is 11.6 Å². The maximum absolute atomic E-state index is 12.2. The minimum absolute atomic E-state index is 0.135. The molecule has 2 aromatic heterocycles. The monoisotopic (exact) mass is 262 g/mol. The number of anilines is 2. The Morgan fingerprint density at radius 3 is 2.61 bits per heavy atom. The quantitative estimate of drug-likeness (QED) is 0.898. The van der Waals surface area contributed by atoms with E-state index in [4.69, 9.17) is 17.3 Å². The van der Waals surface area contributed by atoms with Crippen LogP contribution in [0.1, 0.15) is 10.5 Å². The third kappa shape index (κ3) is 2.41. The summed E-state index contributed by atoms with van der Waals surface area (Å²) >= 11 is 5.94. The van der Waals surface area contributed by atoms with Gasteiger partial charge in [0, 0.05) is 25.1 Å². The zero-order chi connectivity index (χ0) is 13.1. The van der Waals surface area contributed by atoms with E-state index in [2.05, 4.69) is 9.97 Å². The number of rotatable bonds is 2. The van der Waals surface area contributed by atoms with E-state index in [1.165, 1.54) is 4.90 Å². The lowest BCUT2D eigenvalue weighted by molar-refractivity contribution is 0.0988. The Labute approximate surface area is 109 Å². The predicted octanol–water partition coefficient (Wildman–Crippen LogP) is 1.99. The zero-order valence-electron chi connectivity index (χ0n) is 9.67. The van der Waals surface area contributed by atoms with Crippen LogP contribution >= 0.6 is 11.6 Å². The van der Waals surface area contributed by atoms with Gasteiger partial charge in [-0.15, -0.1) is 0 Å². The molecule has 0 aromatic carbocycles. The molecule has 0 saturated heterocycles. The van der Waals surface area contributed by atoms with Crippen molar-refractivity contribution in [2.45, 2.75) is 0 Å². The standard InChI is InChI=1S/C12H11ClN4O/c1-17(8-4-6-15-7-5-8)12(18)11-9(13)2-3-10(14)16-11/h2-7H,1H3,(H2,14,16). The van der Waals surface area contributed by atoms with Gasteiger partial charge in [-0.3, -0.25) is 9.78 Å². The van der Waals surface area contributed by atoms with Crippen LogP contribution in [0.4, 0.5) is 11.5 Å². The van der Waals surface area contributed by atoms with Crippen molar-refractivity contribution in [2.24, 2.45) is 0 Å². The lowest BCUT2D eigenvalue weighted by atomic mass is 10.3. The first-order valence-electron chi connectivity index (χ1n) is 5.19. The average Bonchev–Trinajstić information content (AvgIpc) is 2.41.